The minimum absolute atomic E-state index is 0.166. The normalized spacial score (nSPS) is 21.7. The van der Waals surface area contributed by atoms with E-state index in [1.54, 1.807) is 0 Å². The second-order valence-corrected chi connectivity index (χ2v) is 10.8. The summed E-state index contributed by atoms with van der Waals surface area (Å²) >= 11 is 0. The van der Waals surface area contributed by atoms with Gasteiger partial charge in [-0.1, -0.05) is 49.6 Å². The van der Waals surface area contributed by atoms with Gasteiger partial charge in [0.25, 0.3) is 0 Å². The molecule has 1 amide bonds. The topological polar surface area (TPSA) is 36.0 Å². The molecule has 2 heterocycles. The van der Waals surface area contributed by atoms with E-state index in [0.717, 1.165) is 69.8 Å². The maximum Gasteiger partial charge on any atom is 0.230 e. The first-order chi connectivity index (χ1) is 17.1. The molecule has 2 fully saturated rings. The number of fused-ring (bicyclic) bond motifs is 1. The average molecular weight is 476 g/mol. The van der Waals surface area contributed by atoms with E-state index >= 15 is 0 Å². The summed E-state index contributed by atoms with van der Waals surface area (Å²) in [5.41, 5.74) is 3.69. The molecule has 2 aromatic carbocycles. The number of carbonyl (C=O) groups is 1. The fourth-order valence-corrected chi connectivity index (χ4v) is 6.16. The second kappa shape index (κ2) is 11.0. The predicted octanol–water partition coefficient (Wildman–Crippen LogP) is 5.52. The standard InChI is InChI=1S/C30H41N3O2/c1-23(2)35-29-15-9-8-14-28(29)32-20-18-31(19-21-32)22-26-17-16-24-10-6-7-13-27(24)33(26)30(34)25-11-4-3-5-12-25/h6-10,13-15,23,25-26H,3-5,11-12,16-22H2,1-2H3. The van der Waals surface area contributed by atoms with Crippen LogP contribution in [0.3, 0.4) is 0 Å². The van der Waals surface area contributed by atoms with E-state index in [4.69, 9.17) is 4.74 Å². The average Bonchev–Trinajstić information content (AvgIpc) is 2.89. The Kier molecular flexibility index (Phi) is 7.62. The van der Waals surface area contributed by atoms with Gasteiger partial charge in [0.05, 0.1) is 11.8 Å². The quantitative estimate of drug-likeness (QED) is 0.551. The van der Waals surface area contributed by atoms with Crippen molar-refractivity contribution in [3.8, 4) is 5.75 Å². The molecule has 5 rings (SSSR count). The maximum absolute atomic E-state index is 13.8. The van der Waals surface area contributed by atoms with Gasteiger partial charge < -0.3 is 14.5 Å². The lowest BCUT2D eigenvalue weighted by Crippen LogP contribution is -2.55. The number of ether oxygens (including phenoxy) is 1. The zero-order chi connectivity index (χ0) is 24.2. The number of carbonyl (C=O) groups excluding carboxylic acids is 1. The van der Waals surface area contributed by atoms with Crippen molar-refractivity contribution in [2.24, 2.45) is 5.92 Å². The van der Waals surface area contributed by atoms with Crippen molar-refractivity contribution < 1.29 is 9.53 Å². The van der Waals surface area contributed by atoms with Crippen molar-refractivity contribution in [1.29, 1.82) is 0 Å². The summed E-state index contributed by atoms with van der Waals surface area (Å²) in [6, 6.07) is 17.3. The minimum Gasteiger partial charge on any atom is -0.489 e. The van der Waals surface area contributed by atoms with Gasteiger partial charge in [0.15, 0.2) is 0 Å². The molecular formula is C30H41N3O2. The third-order valence-corrected chi connectivity index (χ3v) is 7.96. The SMILES string of the molecule is CC(C)Oc1ccccc1N1CCN(CC2CCc3ccccc3N2C(=O)C2CCCCC2)CC1. The van der Waals surface area contributed by atoms with Crippen LogP contribution in [-0.2, 0) is 11.2 Å². The molecule has 0 spiro atoms. The largest absolute Gasteiger partial charge is 0.489 e. The molecular weight excluding hydrogens is 434 g/mol. The molecule has 0 bridgehead atoms. The maximum atomic E-state index is 13.8. The first-order valence-corrected chi connectivity index (χ1v) is 13.7. The van der Waals surface area contributed by atoms with Crippen molar-refractivity contribution in [3.05, 3.63) is 54.1 Å². The van der Waals surface area contributed by atoms with E-state index in [0.29, 0.717) is 5.91 Å². The van der Waals surface area contributed by atoms with Gasteiger partial charge in [-0.15, -0.1) is 0 Å². The van der Waals surface area contributed by atoms with Crippen LogP contribution < -0.4 is 14.5 Å². The van der Waals surface area contributed by atoms with Crippen LogP contribution in [0.5, 0.6) is 5.75 Å². The van der Waals surface area contributed by atoms with E-state index in [1.165, 1.54) is 30.5 Å². The smallest absolute Gasteiger partial charge is 0.230 e. The molecule has 1 aliphatic carbocycles. The van der Waals surface area contributed by atoms with Crippen molar-refractivity contribution in [2.75, 3.05) is 42.5 Å². The summed E-state index contributed by atoms with van der Waals surface area (Å²) in [5, 5.41) is 0. The van der Waals surface area contributed by atoms with E-state index < -0.39 is 0 Å². The summed E-state index contributed by atoms with van der Waals surface area (Å²) in [6.07, 6.45) is 8.07. The monoisotopic (exact) mass is 475 g/mol. The Labute approximate surface area is 211 Å². The summed E-state index contributed by atoms with van der Waals surface area (Å²) in [5.74, 6) is 1.55. The fourth-order valence-electron chi connectivity index (χ4n) is 6.16. The van der Waals surface area contributed by atoms with Gasteiger partial charge in [-0.2, -0.15) is 0 Å². The molecule has 188 valence electrons. The molecule has 0 radical (unpaired) electrons. The number of para-hydroxylation sites is 3. The number of benzene rings is 2. The Morgan fingerprint density at radius 3 is 2.31 bits per heavy atom. The second-order valence-electron chi connectivity index (χ2n) is 10.8. The zero-order valence-corrected chi connectivity index (χ0v) is 21.5. The van der Waals surface area contributed by atoms with Crippen LogP contribution in [0.25, 0.3) is 0 Å². The Balaban J connectivity index is 1.27. The lowest BCUT2D eigenvalue weighted by molar-refractivity contribution is -0.124. The van der Waals surface area contributed by atoms with Gasteiger partial charge in [0.2, 0.25) is 5.91 Å². The minimum atomic E-state index is 0.166. The van der Waals surface area contributed by atoms with E-state index in [9.17, 15) is 4.79 Å². The molecule has 1 saturated heterocycles. The number of nitrogens with zero attached hydrogens (tertiary/aromatic N) is 3. The third kappa shape index (κ3) is 5.50. The van der Waals surface area contributed by atoms with Crippen LogP contribution in [0.15, 0.2) is 48.5 Å². The van der Waals surface area contributed by atoms with E-state index in [2.05, 4.69) is 77.1 Å². The van der Waals surface area contributed by atoms with Crippen molar-refractivity contribution in [1.82, 2.24) is 4.90 Å². The fraction of sp³-hybridized carbons (Fsp3) is 0.567. The van der Waals surface area contributed by atoms with Gasteiger partial charge in [-0.3, -0.25) is 9.69 Å². The van der Waals surface area contributed by atoms with Crippen molar-refractivity contribution in [3.63, 3.8) is 0 Å². The molecule has 0 aromatic heterocycles. The lowest BCUT2D eigenvalue weighted by atomic mass is 9.86. The molecule has 3 aliphatic rings. The molecule has 0 N–H and O–H groups in total. The summed E-state index contributed by atoms with van der Waals surface area (Å²) in [7, 11) is 0. The summed E-state index contributed by atoms with van der Waals surface area (Å²) in [4.78, 5) is 21.1. The molecule has 2 aromatic rings. The van der Waals surface area contributed by atoms with Gasteiger partial charge in [0.1, 0.15) is 5.75 Å². The molecule has 5 nitrogen and oxygen atoms in total. The molecule has 2 aliphatic heterocycles. The van der Waals surface area contributed by atoms with Gasteiger partial charge in [-0.05, 0) is 63.3 Å². The highest BCUT2D eigenvalue weighted by Crippen LogP contribution is 2.36. The Hall–Kier alpha value is -2.53. The zero-order valence-electron chi connectivity index (χ0n) is 21.5. The van der Waals surface area contributed by atoms with Crippen LogP contribution in [0.2, 0.25) is 0 Å². The molecule has 35 heavy (non-hydrogen) atoms. The Morgan fingerprint density at radius 1 is 0.886 bits per heavy atom. The first-order valence-electron chi connectivity index (χ1n) is 13.7. The number of rotatable bonds is 6. The number of aryl methyl sites for hydroxylation is 1. The number of hydrogen-bond acceptors (Lipinski definition) is 4. The lowest BCUT2D eigenvalue weighted by Gasteiger charge is -2.44. The van der Waals surface area contributed by atoms with Crippen LogP contribution in [0, 0.1) is 5.92 Å². The van der Waals surface area contributed by atoms with E-state index in [-0.39, 0.29) is 18.1 Å². The Bertz CT molecular complexity index is 993. The molecule has 1 unspecified atom stereocenters. The van der Waals surface area contributed by atoms with Crippen LogP contribution in [0.1, 0.15) is 57.9 Å². The van der Waals surface area contributed by atoms with Crippen LogP contribution >= 0.6 is 0 Å². The highest BCUT2D eigenvalue weighted by molar-refractivity contribution is 5.97. The molecule has 1 atom stereocenters. The molecule has 1 saturated carbocycles. The number of amides is 1. The van der Waals surface area contributed by atoms with E-state index in [1.807, 2.05) is 0 Å². The van der Waals surface area contributed by atoms with Gasteiger partial charge in [0, 0.05) is 50.4 Å². The highest BCUT2D eigenvalue weighted by atomic mass is 16.5. The summed E-state index contributed by atoms with van der Waals surface area (Å²) in [6.45, 7) is 9.12. The first kappa shape index (κ1) is 24.2. The third-order valence-electron chi connectivity index (χ3n) is 7.96. The predicted molar refractivity (Wildman–Crippen MR) is 143 cm³/mol. The van der Waals surface area contributed by atoms with Crippen molar-refractivity contribution in [2.45, 2.75) is 70.9 Å². The van der Waals surface area contributed by atoms with Gasteiger partial charge >= 0.3 is 0 Å². The number of anilines is 2. The van der Waals surface area contributed by atoms with Gasteiger partial charge in [-0.25, -0.2) is 0 Å². The number of hydrogen-bond donors (Lipinski definition) is 0. The molecule has 5 heteroatoms. The number of piperazine rings is 1. The van der Waals surface area contributed by atoms with Crippen molar-refractivity contribution >= 4 is 17.3 Å². The van der Waals surface area contributed by atoms with Crippen LogP contribution in [0.4, 0.5) is 11.4 Å². The Morgan fingerprint density at radius 2 is 1.57 bits per heavy atom. The highest BCUT2D eigenvalue weighted by Gasteiger charge is 2.36. The van der Waals surface area contributed by atoms with Crippen LogP contribution in [-0.4, -0.2) is 55.7 Å². The summed E-state index contributed by atoms with van der Waals surface area (Å²) < 4.78 is 6.08.